The van der Waals surface area contributed by atoms with Crippen LogP contribution in [0, 0.1) is 5.41 Å². The molecule has 1 aliphatic rings. The Kier molecular flexibility index (Phi) is 4.33. The first kappa shape index (κ1) is 14.9. The molecule has 1 heterocycles. The van der Waals surface area contributed by atoms with Gasteiger partial charge in [-0.1, -0.05) is 12.1 Å². The van der Waals surface area contributed by atoms with Crippen LogP contribution in [-0.2, 0) is 11.2 Å². The maximum absolute atomic E-state index is 11.5. The Hall–Kier alpha value is -1.55. The second-order valence-electron chi connectivity index (χ2n) is 6.20. The molecule has 20 heavy (non-hydrogen) atoms. The number of benzene rings is 1. The minimum absolute atomic E-state index is 0.189. The third kappa shape index (κ3) is 3.31. The summed E-state index contributed by atoms with van der Waals surface area (Å²) >= 11 is 0. The molecule has 0 aromatic heterocycles. The molecule has 1 amide bonds. The van der Waals surface area contributed by atoms with Crippen LogP contribution in [0.25, 0.3) is 0 Å². The van der Waals surface area contributed by atoms with E-state index in [1.54, 1.807) is 12.1 Å². The van der Waals surface area contributed by atoms with E-state index in [0.29, 0.717) is 11.8 Å². The molecule has 1 fully saturated rings. The minimum Gasteiger partial charge on any atom is -0.508 e. The van der Waals surface area contributed by atoms with Crippen LogP contribution in [-0.4, -0.2) is 35.0 Å². The molecule has 4 heteroatoms. The van der Waals surface area contributed by atoms with Crippen molar-refractivity contribution in [2.45, 2.75) is 39.2 Å². The standard InChI is InChI=1S/C16H24N2O2/c1-12(3-4-13-5-7-14(19)8-6-13)18-10-9-16(2,11-18)15(17)20/h5-8,12,19H,3-4,9-11H2,1-2H3,(H2,17,20). The number of carbonyl (C=O) groups is 1. The fraction of sp³-hybridized carbons (Fsp3) is 0.562. The number of carbonyl (C=O) groups excluding carboxylic acids is 1. The van der Waals surface area contributed by atoms with Crippen molar-refractivity contribution < 1.29 is 9.90 Å². The van der Waals surface area contributed by atoms with Crippen LogP contribution in [0.2, 0.25) is 0 Å². The number of nitrogens with two attached hydrogens (primary N) is 1. The van der Waals surface area contributed by atoms with E-state index >= 15 is 0 Å². The predicted molar refractivity (Wildman–Crippen MR) is 79.4 cm³/mol. The van der Waals surface area contributed by atoms with Crippen LogP contribution in [0.1, 0.15) is 32.3 Å². The molecule has 1 aromatic rings. The molecule has 4 nitrogen and oxygen atoms in total. The van der Waals surface area contributed by atoms with Crippen molar-refractivity contribution in [3.8, 4) is 5.75 Å². The first-order valence-electron chi connectivity index (χ1n) is 7.22. The molecule has 2 rings (SSSR count). The molecule has 0 radical (unpaired) electrons. The highest BCUT2D eigenvalue weighted by atomic mass is 16.3. The molecular formula is C16H24N2O2. The van der Waals surface area contributed by atoms with Crippen molar-refractivity contribution in [3.05, 3.63) is 29.8 Å². The summed E-state index contributed by atoms with van der Waals surface area (Å²) in [7, 11) is 0. The van der Waals surface area contributed by atoms with Gasteiger partial charge in [-0.2, -0.15) is 0 Å². The highest BCUT2D eigenvalue weighted by molar-refractivity contribution is 5.81. The van der Waals surface area contributed by atoms with Gasteiger partial charge in [0.2, 0.25) is 5.91 Å². The number of primary amides is 1. The number of hydrogen-bond acceptors (Lipinski definition) is 3. The van der Waals surface area contributed by atoms with E-state index in [1.165, 1.54) is 5.56 Å². The summed E-state index contributed by atoms with van der Waals surface area (Å²) in [6.07, 6.45) is 2.87. The second-order valence-corrected chi connectivity index (χ2v) is 6.20. The molecule has 2 atom stereocenters. The number of amides is 1. The topological polar surface area (TPSA) is 66.6 Å². The molecule has 110 valence electrons. The molecule has 1 saturated heterocycles. The molecule has 2 unspecified atom stereocenters. The lowest BCUT2D eigenvalue weighted by Gasteiger charge is -2.26. The van der Waals surface area contributed by atoms with Crippen molar-refractivity contribution in [1.29, 1.82) is 0 Å². The third-order valence-corrected chi connectivity index (χ3v) is 4.51. The van der Waals surface area contributed by atoms with Gasteiger partial charge in [0.15, 0.2) is 0 Å². The van der Waals surface area contributed by atoms with Gasteiger partial charge in [-0.3, -0.25) is 9.69 Å². The predicted octanol–water partition coefficient (Wildman–Crippen LogP) is 1.91. The number of likely N-dealkylation sites (tertiary alicyclic amines) is 1. The lowest BCUT2D eigenvalue weighted by atomic mass is 9.89. The van der Waals surface area contributed by atoms with Crippen molar-refractivity contribution in [2.24, 2.45) is 11.1 Å². The van der Waals surface area contributed by atoms with Gasteiger partial charge in [-0.05, 0) is 57.4 Å². The Morgan fingerprint density at radius 1 is 1.45 bits per heavy atom. The number of phenols is 1. The molecule has 0 saturated carbocycles. The first-order chi connectivity index (χ1) is 9.40. The smallest absolute Gasteiger partial charge is 0.224 e. The lowest BCUT2D eigenvalue weighted by molar-refractivity contribution is -0.126. The van der Waals surface area contributed by atoms with Crippen molar-refractivity contribution >= 4 is 5.91 Å². The van der Waals surface area contributed by atoms with E-state index in [0.717, 1.165) is 32.4 Å². The lowest BCUT2D eigenvalue weighted by Crippen LogP contribution is -2.39. The number of nitrogens with zero attached hydrogens (tertiary/aromatic N) is 1. The second kappa shape index (κ2) is 5.83. The average Bonchev–Trinajstić information content (AvgIpc) is 2.82. The molecule has 0 spiro atoms. The zero-order chi connectivity index (χ0) is 14.8. The van der Waals surface area contributed by atoms with Gasteiger partial charge in [0, 0.05) is 12.6 Å². The maximum Gasteiger partial charge on any atom is 0.224 e. The Balaban J connectivity index is 1.85. The Labute approximate surface area is 120 Å². The first-order valence-corrected chi connectivity index (χ1v) is 7.22. The Morgan fingerprint density at radius 3 is 2.65 bits per heavy atom. The van der Waals surface area contributed by atoms with Gasteiger partial charge >= 0.3 is 0 Å². The monoisotopic (exact) mass is 276 g/mol. The average molecular weight is 276 g/mol. The third-order valence-electron chi connectivity index (χ3n) is 4.51. The van der Waals surface area contributed by atoms with Gasteiger partial charge in [0.1, 0.15) is 5.75 Å². The minimum atomic E-state index is -0.368. The van der Waals surface area contributed by atoms with E-state index in [2.05, 4.69) is 11.8 Å². The maximum atomic E-state index is 11.5. The van der Waals surface area contributed by atoms with Crippen LogP contribution < -0.4 is 5.73 Å². The Bertz CT molecular complexity index is 472. The van der Waals surface area contributed by atoms with Crippen LogP contribution >= 0.6 is 0 Å². The van der Waals surface area contributed by atoms with Crippen LogP contribution in [0.15, 0.2) is 24.3 Å². The van der Waals surface area contributed by atoms with E-state index < -0.39 is 0 Å². The summed E-state index contributed by atoms with van der Waals surface area (Å²) in [4.78, 5) is 13.8. The van der Waals surface area contributed by atoms with Gasteiger partial charge in [-0.15, -0.1) is 0 Å². The van der Waals surface area contributed by atoms with Crippen LogP contribution in [0.5, 0.6) is 5.75 Å². The van der Waals surface area contributed by atoms with Gasteiger partial charge in [0.25, 0.3) is 0 Å². The molecule has 1 aromatic carbocycles. The quantitative estimate of drug-likeness (QED) is 0.863. The van der Waals surface area contributed by atoms with Crippen LogP contribution in [0.4, 0.5) is 0 Å². The summed E-state index contributed by atoms with van der Waals surface area (Å²) < 4.78 is 0. The molecule has 0 aliphatic carbocycles. The van der Waals surface area contributed by atoms with Gasteiger partial charge in [-0.25, -0.2) is 0 Å². The molecule has 1 aliphatic heterocycles. The fourth-order valence-electron chi connectivity index (χ4n) is 2.79. The van der Waals surface area contributed by atoms with Crippen molar-refractivity contribution in [2.75, 3.05) is 13.1 Å². The fourth-order valence-corrected chi connectivity index (χ4v) is 2.79. The van der Waals surface area contributed by atoms with Crippen LogP contribution in [0.3, 0.4) is 0 Å². The number of hydrogen-bond donors (Lipinski definition) is 2. The SMILES string of the molecule is CC(CCc1ccc(O)cc1)N1CCC(C)(C(N)=O)C1. The Morgan fingerprint density at radius 2 is 2.10 bits per heavy atom. The summed E-state index contributed by atoms with van der Waals surface area (Å²) in [5.41, 5.74) is 6.34. The van der Waals surface area contributed by atoms with E-state index in [9.17, 15) is 9.90 Å². The van der Waals surface area contributed by atoms with E-state index in [1.807, 2.05) is 19.1 Å². The molecule has 3 N–H and O–H groups in total. The summed E-state index contributed by atoms with van der Waals surface area (Å²) in [6.45, 7) is 5.87. The van der Waals surface area contributed by atoms with Crippen molar-refractivity contribution in [1.82, 2.24) is 4.90 Å². The van der Waals surface area contributed by atoms with E-state index in [4.69, 9.17) is 5.73 Å². The largest absolute Gasteiger partial charge is 0.508 e. The number of aryl methyl sites for hydroxylation is 1. The zero-order valence-electron chi connectivity index (χ0n) is 12.3. The van der Waals surface area contributed by atoms with Gasteiger partial charge < -0.3 is 10.8 Å². The molecule has 0 bridgehead atoms. The summed E-state index contributed by atoms with van der Waals surface area (Å²) in [5, 5.41) is 9.26. The summed E-state index contributed by atoms with van der Waals surface area (Å²) in [6, 6.07) is 7.80. The van der Waals surface area contributed by atoms with E-state index in [-0.39, 0.29) is 11.3 Å². The number of phenolic OH excluding ortho intramolecular Hbond substituents is 1. The van der Waals surface area contributed by atoms with Crippen molar-refractivity contribution in [3.63, 3.8) is 0 Å². The highest BCUT2D eigenvalue weighted by Crippen LogP contribution is 2.31. The normalized spacial score (nSPS) is 24.7. The van der Waals surface area contributed by atoms with Gasteiger partial charge in [0.05, 0.1) is 5.41 Å². The number of aromatic hydroxyl groups is 1. The summed E-state index contributed by atoms with van der Waals surface area (Å²) in [5.74, 6) is 0.115. The highest BCUT2D eigenvalue weighted by Gasteiger charge is 2.39. The number of rotatable bonds is 5. The zero-order valence-corrected chi connectivity index (χ0v) is 12.3. The molecular weight excluding hydrogens is 252 g/mol.